The van der Waals surface area contributed by atoms with Crippen molar-refractivity contribution in [2.75, 3.05) is 63.7 Å². The van der Waals surface area contributed by atoms with Crippen molar-refractivity contribution in [3.63, 3.8) is 0 Å². The first kappa shape index (κ1) is 29.8. The molecular formula is C27H35ClN6O5S. The number of methoxy groups -OCH3 is 1. The highest BCUT2D eigenvalue weighted by atomic mass is 35.5. The first-order valence-corrected chi connectivity index (χ1v) is 14.9. The summed E-state index contributed by atoms with van der Waals surface area (Å²) >= 11 is 6.39. The molecule has 0 radical (unpaired) electrons. The Morgan fingerprint density at radius 1 is 1.10 bits per heavy atom. The number of nitrogens with zero attached hydrogens (tertiary/aromatic N) is 3. The molecular weight excluding hydrogens is 556 g/mol. The molecule has 0 atom stereocenters. The van der Waals surface area contributed by atoms with Gasteiger partial charge >= 0.3 is 0 Å². The van der Waals surface area contributed by atoms with Crippen LogP contribution in [-0.4, -0.2) is 76.4 Å². The number of ether oxygens (including phenoxy) is 3. The predicted molar refractivity (Wildman–Crippen MR) is 156 cm³/mol. The lowest BCUT2D eigenvalue weighted by Crippen LogP contribution is -2.38. The molecule has 3 N–H and O–H groups in total. The van der Waals surface area contributed by atoms with E-state index in [0.717, 1.165) is 32.8 Å². The van der Waals surface area contributed by atoms with Crippen LogP contribution in [0.25, 0.3) is 0 Å². The zero-order valence-electron chi connectivity index (χ0n) is 22.8. The number of benzene rings is 2. The van der Waals surface area contributed by atoms with Crippen molar-refractivity contribution in [3.05, 3.63) is 53.7 Å². The minimum atomic E-state index is -3.76. The molecule has 0 saturated carbocycles. The molecule has 1 aliphatic heterocycles. The fourth-order valence-corrected chi connectivity index (χ4v) is 5.43. The van der Waals surface area contributed by atoms with Gasteiger partial charge in [0.15, 0.2) is 5.82 Å². The molecule has 11 nitrogen and oxygen atoms in total. The summed E-state index contributed by atoms with van der Waals surface area (Å²) in [6.07, 6.45) is 1.43. The summed E-state index contributed by atoms with van der Waals surface area (Å²) in [6, 6.07) is 12.0. The van der Waals surface area contributed by atoms with Crippen LogP contribution in [0.4, 0.5) is 23.1 Å². The largest absolute Gasteiger partial charge is 0.495 e. The minimum Gasteiger partial charge on any atom is -0.495 e. The van der Waals surface area contributed by atoms with Crippen molar-refractivity contribution in [3.8, 4) is 11.5 Å². The zero-order valence-corrected chi connectivity index (χ0v) is 24.4. The molecule has 0 amide bonds. The molecule has 40 heavy (non-hydrogen) atoms. The lowest BCUT2D eigenvalue weighted by molar-refractivity contribution is 0.0322. The fourth-order valence-electron chi connectivity index (χ4n) is 3.91. The van der Waals surface area contributed by atoms with Crippen molar-refractivity contribution >= 4 is 44.8 Å². The van der Waals surface area contributed by atoms with Crippen molar-refractivity contribution in [1.29, 1.82) is 0 Å². The highest BCUT2D eigenvalue weighted by molar-refractivity contribution is 7.89. The van der Waals surface area contributed by atoms with Crippen molar-refractivity contribution < 1.29 is 22.6 Å². The van der Waals surface area contributed by atoms with Crippen LogP contribution < -0.4 is 24.8 Å². The first-order chi connectivity index (χ1) is 19.2. The second kappa shape index (κ2) is 14.0. The van der Waals surface area contributed by atoms with Gasteiger partial charge < -0.3 is 24.8 Å². The van der Waals surface area contributed by atoms with Crippen molar-refractivity contribution in [2.24, 2.45) is 5.92 Å². The number of sulfonamides is 1. The fraction of sp³-hybridized carbons (Fsp3) is 0.407. The first-order valence-electron chi connectivity index (χ1n) is 13.0. The van der Waals surface area contributed by atoms with Gasteiger partial charge in [-0.15, -0.1) is 0 Å². The summed E-state index contributed by atoms with van der Waals surface area (Å²) in [5.41, 5.74) is 0.930. The molecule has 13 heteroatoms. The summed E-state index contributed by atoms with van der Waals surface area (Å²) in [5, 5.41) is 6.42. The molecule has 4 rings (SSSR count). The molecule has 216 valence electrons. The van der Waals surface area contributed by atoms with Gasteiger partial charge in [0.25, 0.3) is 0 Å². The highest BCUT2D eigenvalue weighted by Crippen LogP contribution is 2.33. The van der Waals surface area contributed by atoms with Crippen LogP contribution in [-0.2, 0) is 14.8 Å². The average Bonchev–Trinajstić information content (AvgIpc) is 2.95. The lowest BCUT2D eigenvalue weighted by atomic mass is 10.2. The minimum absolute atomic E-state index is 0.0865. The van der Waals surface area contributed by atoms with Gasteiger partial charge in [0.05, 0.1) is 37.9 Å². The number of rotatable bonds is 13. The summed E-state index contributed by atoms with van der Waals surface area (Å²) < 4.78 is 45.4. The Hall–Kier alpha value is -3.16. The number of hydrogen-bond donors (Lipinski definition) is 3. The predicted octanol–water partition coefficient (Wildman–Crippen LogP) is 4.27. The topological polar surface area (TPSA) is 127 Å². The molecule has 1 fully saturated rings. The summed E-state index contributed by atoms with van der Waals surface area (Å²) in [4.78, 5) is 11.2. The van der Waals surface area contributed by atoms with Crippen molar-refractivity contribution in [2.45, 2.75) is 18.7 Å². The van der Waals surface area contributed by atoms with Crippen LogP contribution in [0, 0.1) is 5.92 Å². The summed E-state index contributed by atoms with van der Waals surface area (Å²) in [7, 11) is -2.19. The number of anilines is 4. The average molecular weight is 591 g/mol. The van der Waals surface area contributed by atoms with Crippen LogP contribution in [0.15, 0.2) is 53.6 Å². The molecule has 1 aromatic heterocycles. The Bertz CT molecular complexity index is 1390. The summed E-state index contributed by atoms with van der Waals surface area (Å²) in [5.74, 6) is 1.86. The molecule has 3 aromatic rings. The maximum Gasteiger partial charge on any atom is 0.242 e. The van der Waals surface area contributed by atoms with Gasteiger partial charge in [-0.05, 0) is 30.2 Å². The second-order valence-corrected chi connectivity index (χ2v) is 11.7. The molecule has 0 bridgehead atoms. The van der Waals surface area contributed by atoms with Gasteiger partial charge in [-0.2, -0.15) is 4.98 Å². The van der Waals surface area contributed by atoms with Gasteiger partial charge in [-0.1, -0.05) is 37.6 Å². The summed E-state index contributed by atoms with van der Waals surface area (Å²) in [6.45, 7) is 8.80. The number of para-hydroxylation sites is 1. The molecule has 2 aromatic carbocycles. The number of aromatic nitrogens is 2. The zero-order chi connectivity index (χ0) is 28.5. The molecule has 1 saturated heterocycles. The third-order valence-corrected chi connectivity index (χ3v) is 7.81. The van der Waals surface area contributed by atoms with E-state index in [-0.39, 0.29) is 27.6 Å². The van der Waals surface area contributed by atoms with Crippen LogP contribution in [0.5, 0.6) is 11.5 Å². The van der Waals surface area contributed by atoms with E-state index in [1.54, 1.807) is 31.4 Å². The Morgan fingerprint density at radius 3 is 2.62 bits per heavy atom. The van der Waals surface area contributed by atoms with Gasteiger partial charge in [0.2, 0.25) is 16.0 Å². The van der Waals surface area contributed by atoms with Crippen LogP contribution >= 0.6 is 11.6 Å². The maximum atomic E-state index is 12.9. The monoisotopic (exact) mass is 590 g/mol. The molecule has 2 heterocycles. The highest BCUT2D eigenvalue weighted by Gasteiger charge is 2.20. The Balaban J connectivity index is 1.50. The smallest absolute Gasteiger partial charge is 0.242 e. The van der Waals surface area contributed by atoms with E-state index in [1.807, 2.05) is 26.0 Å². The number of hydrogen-bond acceptors (Lipinski definition) is 10. The number of morpholine rings is 1. The van der Waals surface area contributed by atoms with Crippen molar-refractivity contribution in [1.82, 2.24) is 19.6 Å². The normalized spacial score (nSPS) is 14.2. The second-order valence-electron chi connectivity index (χ2n) is 9.55. The van der Waals surface area contributed by atoms with Gasteiger partial charge in [-0.3, -0.25) is 4.90 Å². The Labute approximate surface area is 240 Å². The molecule has 0 spiro atoms. The number of halogens is 1. The molecule has 0 unspecified atom stereocenters. The van der Waals surface area contributed by atoms with E-state index in [2.05, 4.69) is 30.2 Å². The Morgan fingerprint density at radius 2 is 1.88 bits per heavy atom. The van der Waals surface area contributed by atoms with E-state index in [4.69, 9.17) is 25.8 Å². The van der Waals surface area contributed by atoms with Crippen LogP contribution in [0.3, 0.4) is 0 Å². The van der Waals surface area contributed by atoms with Gasteiger partial charge in [0.1, 0.15) is 28.0 Å². The maximum absolute atomic E-state index is 12.9. The van der Waals surface area contributed by atoms with E-state index in [0.29, 0.717) is 36.0 Å². The quantitative estimate of drug-likeness (QED) is 0.265. The third-order valence-electron chi connectivity index (χ3n) is 6.05. The van der Waals surface area contributed by atoms with E-state index in [9.17, 15) is 8.42 Å². The Kier molecular flexibility index (Phi) is 10.4. The SMILES string of the molecule is COc1ccc(OCCN2CCOCC2)cc1Nc1ncc(Cl)c(Nc2ccccc2S(=O)(=O)NCC(C)C)n1. The lowest BCUT2D eigenvalue weighted by Gasteiger charge is -2.26. The molecule has 0 aliphatic carbocycles. The van der Waals surface area contributed by atoms with E-state index < -0.39 is 10.0 Å². The van der Waals surface area contributed by atoms with Gasteiger partial charge in [-0.25, -0.2) is 18.1 Å². The van der Waals surface area contributed by atoms with E-state index in [1.165, 1.54) is 12.3 Å². The van der Waals surface area contributed by atoms with Gasteiger partial charge in [0, 0.05) is 32.2 Å². The van der Waals surface area contributed by atoms with E-state index >= 15 is 0 Å². The molecule has 1 aliphatic rings. The van der Waals surface area contributed by atoms with Crippen LogP contribution in [0.1, 0.15) is 13.8 Å². The number of nitrogens with one attached hydrogen (secondary N) is 3. The third kappa shape index (κ3) is 8.18. The standard InChI is InChI=1S/C27H35ClN6O5S/c1-19(2)17-30-40(35,36)25-7-5-4-6-22(25)31-26-21(28)18-29-27(33-26)32-23-16-20(8-9-24(23)37-3)39-15-12-34-10-13-38-14-11-34/h4-9,16,18-19,30H,10-15,17H2,1-3H3,(H2,29,31,32,33). The van der Waals surface area contributed by atoms with Crippen LogP contribution in [0.2, 0.25) is 5.02 Å².